The first-order chi connectivity index (χ1) is 7.79. The third-order valence-electron chi connectivity index (χ3n) is 2.40. The Bertz CT molecular complexity index is 730. The van der Waals surface area contributed by atoms with Crippen LogP contribution >= 0.6 is 11.8 Å². The second-order valence-electron chi connectivity index (χ2n) is 3.35. The number of rotatable bonds is 1. The molecular formula is C11H8N2O2S. The molecule has 0 bridgehead atoms. The van der Waals surface area contributed by atoms with Crippen LogP contribution in [0.3, 0.4) is 0 Å². The molecule has 16 heavy (non-hydrogen) atoms. The first-order valence-corrected chi connectivity index (χ1v) is 5.97. The topological polar surface area (TPSA) is 58.9 Å². The Morgan fingerprint density at radius 1 is 1.38 bits per heavy atom. The highest BCUT2D eigenvalue weighted by atomic mass is 32.2. The van der Waals surface area contributed by atoms with Gasteiger partial charge in [0.25, 0.3) is 5.56 Å². The smallest absolute Gasteiger partial charge is 0.295 e. The van der Waals surface area contributed by atoms with Crippen molar-refractivity contribution in [3.63, 3.8) is 0 Å². The Balaban J connectivity index is 2.56. The number of hydrogen-bond acceptors (Lipinski definition) is 4. The van der Waals surface area contributed by atoms with Gasteiger partial charge in [0.1, 0.15) is 11.1 Å². The summed E-state index contributed by atoms with van der Waals surface area (Å²) in [4.78, 5) is 18.7. The van der Waals surface area contributed by atoms with Gasteiger partial charge >= 0.3 is 0 Å². The second-order valence-corrected chi connectivity index (χ2v) is 4.15. The normalized spacial score (nSPS) is 11.3. The molecule has 0 fully saturated rings. The molecule has 0 amide bonds. The SMILES string of the molecule is CSc1nc2c(oc3ccccc32)c(=O)[nH]1. The number of fused-ring (bicyclic) bond motifs is 3. The lowest BCUT2D eigenvalue weighted by Gasteiger charge is -1.93. The van der Waals surface area contributed by atoms with Gasteiger partial charge in [-0.15, -0.1) is 0 Å². The lowest BCUT2D eigenvalue weighted by molar-refractivity contribution is 0.658. The monoisotopic (exact) mass is 232 g/mol. The molecule has 0 radical (unpaired) electrons. The van der Waals surface area contributed by atoms with E-state index in [1.807, 2.05) is 30.5 Å². The van der Waals surface area contributed by atoms with Gasteiger partial charge in [-0.3, -0.25) is 9.78 Å². The Morgan fingerprint density at radius 3 is 3.00 bits per heavy atom. The summed E-state index contributed by atoms with van der Waals surface area (Å²) in [7, 11) is 0. The molecule has 0 aliphatic rings. The number of aromatic nitrogens is 2. The fourth-order valence-electron chi connectivity index (χ4n) is 1.68. The summed E-state index contributed by atoms with van der Waals surface area (Å²) in [5, 5.41) is 1.47. The Kier molecular flexibility index (Phi) is 2.00. The molecule has 2 aromatic heterocycles. The van der Waals surface area contributed by atoms with E-state index in [4.69, 9.17) is 4.42 Å². The van der Waals surface area contributed by atoms with Gasteiger partial charge in [-0.25, -0.2) is 4.98 Å². The predicted octanol–water partition coefficient (Wildman–Crippen LogP) is 2.39. The van der Waals surface area contributed by atoms with Gasteiger partial charge in [0.05, 0.1) is 0 Å². The zero-order valence-corrected chi connectivity index (χ0v) is 9.30. The van der Waals surface area contributed by atoms with E-state index in [0.717, 1.165) is 5.39 Å². The van der Waals surface area contributed by atoms with Crippen LogP contribution in [0.2, 0.25) is 0 Å². The van der Waals surface area contributed by atoms with Crippen LogP contribution in [0.5, 0.6) is 0 Å². The van der Waals surface area contributed by atoms with Crippen LogP contribution in [0, 0.1) is 0 Å². The van der Waals surface area contributed by atoms with E-state index < -0.39 is 0 Å². The number of nitrogens with zero attached hydrogens (tertiary/aromatic N) is 1. The highest BCUT2D eigenvalue weighted by Gasteiger charge is 2.11. The number of furan rings is 1. The Labute approximate surface area is 94.7 Å². The average Bonchev–Trinajstić information content (AvgIpc) is 2.68. The highest BCUT2D eigenvalue weighted by molar-refractivity contribution is 7.98. The first kappa shape index (κ1) is 9.47. The third kappa shape index (κ3) is 1.25. The van der Waals surface area contributed by atoms with Gasteiger partial charge < -0.3 is 4.42 Å². The fraction of sp³-hybridized carbons (Fsp3) is 0.0909. The largest absolute Gasteiger partial charge is 0.449 e. The van der Waals surface area contributed by atoms with Crippen LogP contribution in [0.1, 0.15) is 0 Å². The number of thioether (sulfide) groups is 1. The average molecular weight is 232 g/mol. The molecular weight excluding hydrogens is 224 g/mol. The molecule has 1 N–H and O–H groups in total. The summed E-state index contributed by atoms with van der Waals surface area (Å²) in [6.07, 6.45) is 1.87. The standard InChI is InChI=1S/C11H8N2O2S/c1-16-11-12-8-6-4-2-3-5-7(6)15-9(8)10(14)13-11/h2-5H,1H3,(H,12,13,14). The summed E-state index contributed by atoms with van der Waals surface area (Å²) >= 11 is 1.40. The number of para-hydroxylation sites is 1. The number of nitrogens with one attached hydrogen (secondary N) is 1. The van der Waals surface area contributed by atoms with E-state index in [1.54, 1.807) is 0 Å². The first-order valence-electron chi connectivity index (χ1n) is 4.75. The summed E-state index contributed by atoms with van der Waals surface area (Å²) in [5.74, 6) is 0. The van der Waals surface area contributed by atoms with Crippen molar-refractivity contribution in [2.24, 2.45) is 0 Å². The molecule has 5 heteroatoms. The van der Waals surface area contributed by atoms with Crippen LogP contribution in [0.15, 0.2) is 38.6 Å². The van der Waals surface area contributed by atoms with E-state index in [0.29, 0.717) is 21.8 Å². The molecule has 0 aliphatic carbocycles. The van der Waals surface area contributed by atoms with E-state index in [-0.39, 0.29) is 5.56 Å². The van der Waals surface area contributed by atoms with Crippen molar-refractivity contribution in [2.75, 3.05) is 6.26 Å². The Hall–Kier alpha value is -1.75. The third-order valence-corrected chi connectivity index (χ3v) is 2.98. The molecule has 0 spiro atoms. The summed E-state index contributed by atoms with van der Waals surface area (Å²) in [6.45, 7) is 0. The molecule has 4 nitrogen and oxygen atoms in total. The lowest BCUT2D eigenvalue weighted by atomic mass is 10.2. The van der Waals surface area contributed by atoms with Gasteiger partial charge in [-0.2, -0.15) is 0 Å². The van der Waals surface area contributed by atoms with Crippen LogP contribution in [0.4, 0.5) is 0 Å². The van der Waals surface area contributed by atoms with Crippen molar-refractivity contribution in [3.8, 4) is 0 Å². The fourth-order valence-corrected chi connectivity index (χ4v) is 2.05. The number of aromatic amines is 1. The second kappa shape index (κ2) is 3.38. The van der Waals surface area contributed by atoms with Gasteiger partial charge in [0.15, 0.2) is 5.16 Å². The van der Waals surface area contributed by atoms with Crippen molar-refractivity contribution < 1.29 is 4.42 Å². The molecule has 1 aromatic carbocycles. The van der Waals surface area contributed by atoms with E-state index in [9.17, 15) is 4.79 Å². The van der Waals surface area contributed by atoms with Crippen LogP contribution in [-0.2, 0) is 0 Å². The minimum atomic E-state index is -0.231. The molecule has 0 unspecified atom stereocenters. The predicted molar refractivity (Wildman–Crippen MR) is 63.9 cm³/mol. The molecule has 3 rings (SSSR count). The summed E-state index contributed by atoms with van der Waals surface area (Å²) in [6, 6.07) is 7.50. The van der Waals surface area contributed by atoms with Gasteiger partial charge in [0, 0.05) is 5.39 Å². The van der Waals surface area contributed by atoms with Crippen LogP contribution in [-0.4, -0.2) is 16.2 Å². The van der Waals surface area contributed by atoms with E-state index in [2.05, 4.69) is 9.97 Å². The molecule has 80 valence electrons. The maximum absolute atomic E-state index is 11.7. The van der Waals surface area contributed by atoms with Gasteiger partial charge in [0.2, 0.25) is 5.58 Å². The van der Waals surface area contributed by atoms with Crippen LogP contribution < -0.4 is 5.56 Å². The maximum Gasteiger partial charge on any atom is 0.295 e. The van der Waals surface area contributed by atoms with E-state index >= 15 is 0 Å². The molecule has 0 saturated carbocycles. The van der Waals surface area contributed by atoms with Crippen molar-refractivity contribution >= 4 is 33.8 Å². The Morgan fingerprint density at radius 2 is 2.19 bits per heavy atom. The molecule has 2 heterocycles. The van der Waals surface area contributed by atoms with Gasteiger partial charge in [-0.05, 0) is 18.4 Å². The highest BCUT2D eigenvalue weighted by Crippen LogP contribution is 2.25. The zero-order chi connectivity index (χ0) is 11.1. The minimum Gasteiger partial charge on any atom is -0.449 e. The summed E-state index contributed by atoms with van der Waals surface area (Å²) in [5.41, 5.74) is 1.38. The summed E-state index contributed by atoms with van der Waals surface area (Å²) < 4.78 is 5.47. The quantitative estimate of drug-likeness (QED) is 0.517. The molecule has 0 atom stereocenters. The zero-order valence-electron chi connectivity index (χ0n) is 8.48. The molecule has 3 aromatic rings. The van der Waals surface area contributed by atoms with Gasteiger partial charge in [-0.1, -0.05) is 23.9 Å². The molecule has 0 saturated heterocycles. The van der Waals surface area contributed by atoms with Crippen molar-refractivity contribution in [1.82, 2.24) is 9.97 Å². The lowest BCUT2D eigenvalue weighted by Crippen LogP contribution is -2.07. The van der Waals surface area contributed by atoms with Crippen molar-refractivity contribution in [1.29, 1.82) is 0 Å². The number of hydrogen-bond donors (Lipinski definition) is 1. The van der Waals surface area contributed by atoms with Crippen LogP contribution in [0.25, 0.3) is 22.1 Å². The minimum absolute atomic E-state index is 0.231. The molecule has 0 aliphatic heterocycles. The van der Waals surface area contributed by atoms with Crippen molar-refractivity contribution in [2.45, 2.75) is 5.16 Å². The number of benzene rings is 1. The van der Waals surface area contributed by atoms with E-state index in [1.165, 1.54) is 11.8 Å². The maximum atomic E-state index is 11.7. The van der Waals surface area contributed by atoms with Crippen molar-refractivity contribution in [3.05, 3.63) is 34.6 Å². The number of H-pyrrole nitrogens is 1.